The molecule has 0 bridgehead atoms. The maximum Gasteiger partial charge on any atom is 0.354 e. The van der Waals surface area contributed by atoms with Crippen LogP contribution in [-0.4, -0.2) is 66.3 Å². The maximum absolute atomic E-state index is 13.2. The third-order valence-corrected chi connectivity index (χ3v) is 7.35. The molecule has 2 aliphatic heterocycles. The Morgan fingerprint density at radius 1 is 1.11 bits per heavy atom. The van der Waals surface area contributed by atoms with E-state index in [1.807, 2.05) is 4.90 Å². The van der Waals surface area contributed by atoms with Gasteiger partial charge in [-0.3, -0.25) is 4.79 Å². The van der Waals surface area contributed by atoms with Gasteiger partial charge in [-0.05, 0) is 38.7 Å². The van der Waals surface area contributed by atoms with Crippen LogP contribution in [0.5, 0.6) is 0 Å². The van der Waals surface area contributed by atoms with Crippen molar-refractivity contribution in [2.75, 3.05) is 26.2 Å². The average Bonchev–Trinajstić information content (AvgIpc) is 3.21. The number of ether oxygens (including phenoxy) is 1. The van der Waals surface area contributed by atoms with Gasteiger partial charge in [-0.25, -0.2) is 13.2 Å². The van der Waals surface area contributed by atoms with Crippen molar-refractivity contribution in [3.63, 3.8) is 0 Å². The molecule has 156 valence electrons. The van der Waals surface area contributed by atoms with Crippen LogP contribution < -0.4 is 0 Å². The van der Waals surface area contributed by atoms with Gasteiger partial charge < -0.3 is 14.2 Å². The van der Waals surface area contributed by atoms with Crippen molar-refractivity contribution in [1.29, 1.82) is 0 Å². The number of hydrogen-bond donors (Lipinski definition) is 0. The summed E-state index contributed by atoms with van der Waals surface area (Å²) >= 11 is 0. The number of nitrogens with zero attached hydrogens (tertiary/aromatic N) is 3. The summed E-state index contributed by atoms with van der Waals surface area (Å²) in [5.41, 5.74) is 0.176. The molecule has 1 unspecified atom stereocenters. The predicted octanol–water partition coefficient (Wildman–Crippen LogP) is 1.76. The summed E-state index contributed by atoms with van der Waals surface area (Å²) in [7, 11) is -2.27. The Hall–Kier alpha value is -1.87. The number of amides is 1. The zero-order valence-corrected chi connectivity index (χ0v) is 17.4. The summed E-state index contributed by atoms with van der Waals surface area (Å²) in [5.74, 6) is -0.658. The average molecular weight is 412 g/mol. The highest BCUT2D eigenvalue weighted by Crippen LogP contribution is 2.29. The highest BCUT2D eigenvalue weighted by Gasteiger charge is 2.41. The Balaban J connectivity index is 1.83. The van der Waals surface area contributed by atoms with Crippen LogP contribution in [0, 0.1) is 0 Å². The number of carbonyl (C=O) groups excluding carboxylic acids is 2. The summed E-state index contributed by atoms with van der Waals surface area (Å²) < 4.78 is 34.2. The number of carbonyl (C=O) groups is 2. The van der Waals surface area contributed by atoms with Gasteiger partial charge in [0, 0.05) is 32.9 Å². The van der Waals surface area contributed by atoms with E-state index in [1.54, 1.807) is 14.0 Å². The van der Waals surface area contributed by atoms with Crippen molar-refractivity contribution >= 4 is 21.9 Å². The van der Waals surface area contributed by atoms with E-state index in [-0.39, 0.29) is 23.1 Å². The van der Waals surface area contributed by atoms with E-state index >= 15 is 0 Å². The summed E-state index contributed by atoms with van der Waals surface area (Å²) in [6.45, 7) is 3.62. The molecule has 1 aromatic rings. The first-order chi connectivity index (χ1) is 13.4. The molecule has 0 N–H and O–H groups in total. The van der Waals surface area contributed by atoms with Gasteiger partial charge in [0.2, 0.25) is 15.9 Å². The Labute approximate surface area is 166 Å². The van der Waals surface area contributed by atoms with E-state index in [1.165, 1.54) is 21.1 Å². The van der Waals surface area contributed by atoms with E-state index in [9.17, 15) is 18.0 Å². The van der Waals surface area contributed by atoms with Gasteiger partial charge in [0.05, 0.1) is 6.61 Å². The van der Waals surface area contributed by atoms with Gasteiger partial charge >= 0.3 is 5.97 Å². The molecule has 9 heteroatoms. The predicted molar refractivity (Wildman–Crippen MR) is 103 cm³/mol. The zero-order valence-electron chi connectivity index (χ0n) is 16.6. The van der Waals surface area contributed by atoms with Crippen LogP contribution in [0.2, 0.25) is 0 Å². The standard InChI is InChI=1S/C19H29N3O5S/c1-3-27-19(24)17-13-15(14-20(17)2)28(25,26)22-12-8-9-16(22)18(23)21-10-6-4-5-7-11-21/h13-14,16H,3-12H2,1-2H3. The number of hydrogen-bond acceptors (Lipinski definition) is 5. The van der Waals surface area contributed by atoms with Gasteiger partial charge in [0.25, 0.3) is 0 Å². The van der Waals surface area contributed by atoms with Crippen LogP contribution in [0.15, 0.2) is 17.2 Å². The molecule has 3 rings (SSSR count). The van der Waals surface area contributed by atoms with Gasteiger partial charge in [-0.1, -0.05) is 12.8 Å². The Morgan fingerprint density at radius 3 is 2.43 bits per heavy atom. The number of esters is 1. The summed E-state index contributed by atoms with van der Waals surface area (Å²) in [5, 5.41) is 0. The third-order valence-electron chi connectivity index (χ3n) is 5.48. The van der Waals surface area contributed by atoms with Crippen molar-refractivity contribution in [3.05, 3.63) is 18.0 Å². The van der Waals surface area contributed by atoms with Crippen molar-refractivity contribution in [2.24, 2.45) is 7.05 Å². The van der Waals surface area contributed by atoms with Crippen LogP contribution in [0.3, 0.4) is 0 Å². The molecular weight excluding hydrogens is 382 g/mol. The number of aryl methyl sites for hydroxylation is 1. The van der Waals surface area contributed by atoms with Gasteiger partial charge in [0.1, 0.15) is 16.6 Å². The molecule has 0 aromatic carbocycles. The van der Waals surface area contributed by atoms with E-state index in [2.05, 4.69) is 0 Å². The van der Waals surface area contributed by atoms with Gasteiger partial charge in [0.15, 0.2) is 0 Å². The van der Waals surface area contributed by atoms with Crippen molar-refractivity contribution in [2.45, 2.75) is 56.4 Å². The molecule has 2 saturated heterocycles. The monoisotopic (exact) mass is 411 g/mol. The minimum atomic E-state index is -3.87. The zero-order chi connectivity index (χ0) is 20.3. The van der Waals surface area contributed by atoms with Crippen LogP contribution >= 0.6 is 0 Å². The molecule has 3 heterocycles. The fourth-order valence-electron chi connectivity index (χ4n) is 4.00. The fourth-order valence-corrected chi connectivity index (χ4v) is 5.72. The second kappa shape index (κ2) is 8.65. The topological polar surface area (TPSA) is 88.9 Å². The number of sulfonamides is 1. The normalized spacial score (nSPS) is 21.5. The maximum atomic E-state index is 13.2. The van der Waals surface area contributed by atoms with Crippen molar-refractivity contribution in [3.8, 4) is 0 Å². The first-order valence-corrected chi connectivity index (χ1v) is 11.4. The molecule has 0 saturated carbocycles. The van der Waals surface area contributed by atoms with Crippen molar-refractivity contribution in [1.82, 2.24) is 13.8 Å². The summed E-state index contributed by atoms with van der Waals surface area (Å²) in [6.07, 6.45) is 6.74. The summed E-state index contributed by atoms with van der Waals surface area (Å²) in [4.78, 5) is 26.9. The Bertz CT molecular complexity index is 825. The highest BCUT2D eigenvalue weighted by atomic mass is 32.2. The second-order valence-corrected chi connectivity index (χ2v) is 9.30. The lowest BCUT2D eigenvalue weighted by atomic mass is 10.2. The lowest BCUT2D eigenvalue weighted by molar-refractivity contribution is -0.134. The number of rotatable bonds is 5. The molecule has 8 nitrogen and oxygen atoms in total. The summed E-state index contributed by atoms with van der Waals surface area (Å²) in [6, 6.07) is 0.674. The molecule has 2 fully saturated rings. The molecule has 1 atom stereocenters. The molecule has 0 aliphatic carbocycles. The van der Waals surface area contributed by atoms with E-state index in [4.69, 9.17) is 4.74 Å². The van der Waals surface area contributed by atoms with E-state index in [0.717, 1.165) is 25.7 Å². The minimum Gasteiger partial charge on any atom is -0.461 e. The van der Waals surface area contributed by atoms with Gasteiger partial charge in [-0.2, -0.15) is 4.31 Å². The SMILES string of the molecule is CCOC(=O)c1cc(S(=O)(=O)N2CCCC2C(=O)N2CCCCCC2)cn1C. The number of likely N-dealkylation sites (tertiary alicyclic amines) is 1. The second-order valence-electron chi connectivity index (χ2n) is 7.41. The van der Waals surface area contributed by atoms with Crippen LogP contribution in [-0.2, 0) is 26.6 Å². The van der Waals surface area contributed by atoms with E-state index in [0.29, 0.717) is 32.5 Å². The molecular formula is C19H29N3O5S. The Kier molecular flexibility index (Phi) is 6.44. The smallest absolute Gasteiger partial charge is 0.354 e. The molecule has 1 aromatic heterocycles. The largest absolute Gasteiger partial charge is 0.461 e. The molecule has 1 amide bonds. The van der Waals surface area contributed by atoms with E-state index < -0.39 is 22.0 Å². The fraction of sp³-hybridized carbons (Fsp3) is 0.684. The Morgan fingerprint density at radius 2 is 1.79 bits per heavy atom. The van der Waals surface area contributed by atoms with Gasteiger partial charge in [-0.15, -0.1) is 0 Å². The molecule has 2 aliphatic rings. The lowest BCUT2D eigenvalue weighted by Gasteiger charge is -2.28. The minimum absolute atomic E-state index is 0.0219. The van der Waals surface area contributed by atoms with Crippen LogP contribution in [0.4, 0.5) is 0 Å². The molecule has 0 spiro atoms. The van der Waals surface area contributed by atoms with Crippen LogP contribution in [0.1, 0.15) is 55.9 Å². The first kappa shape index (κ1) is 20.9. The molecule has 28 heavy (non-hydrogen) atoms. The number of aromatic nitrogens is 1. The molecule has 0 radical (unpaired) electrons. The highest BCUT2D eigenvalue weighted by molar-refractivity contribution is 7.89. The van der Waals surface area contributed by atoms with Crippen molar-refractivity contribution < 1.29 is 22.7 Å². The first-order valence-electron chi connectivity index (χ1n) is 10.0. The quantitative estimate of drug-likeness (QED) is 0.689. The third kappa shape index (κ3) is 4.10. The van der Waals surface area contributed by atoms with Crippen LogP contribution in [0.25, 0.3) is 0 Å². The lowest BCUT2D eigenvalue weighted by Crippen LogP contribution is -2.48.